The number of likely N-dealkylation sites (N-methyl/N-ethyl adjacent to an activating group) is 1. The Morgan fingerprint density at radius 3 is 2.73 bits per heavy atom. The van der Waals surface area contributed by atoms with Crippen LogP contribution in [0.25, 0.3) is 6.08 Å². The van der Waals surface area contributed by atoms with Crippen LogP contribution in [0.15, 0.2) is 41.3 Å². The first-order valence-electron chi connectivity index (χ1n) is 11.0. The molecule has 0 saturated heterocycles. The highest BCUT2D eigenvalue weighted by atomic mass is 32.2. The van der Waals surface area contributed by atoms with E-state index < -0.39 is 21.8 Å². The van der Waals surface area contributed by atoms with E-state index in [2.05, 4.69) is 9.62 Å². The molecule has 2 aliphatic rings. The van der Waals surface area contributed by atoms with Crippen molar-refractivity contribution in [2.75, 3.05) is 31.0 Å². The standard InChI is InChI=1S/C24H27FN2O5S/c1-3-27(4-2)11-5-6-15-12-17(25)7-10-21(15)33(30,31)26-20-9-8-18-19-13-16(19)14-32-23(18)22(20)24(28)29/h5-10,12,16,19,26H,3-4,11,13-14H2,1-2H3,(H,28,29)/b6-5-/t16-,19-/m0/s1. The fourth-order valence-electron chi connectivity index (χ4n) is 4.25. The summed E-state index contributed by atoms with van der Waals surface area (Å²) in [6, 6.07) is 6.58. The molecule has 0 unspecified atom stereocenters. The van der Waals surface area contributed by atoms with E-state index in [0.717, 1.165) is 37.2 Å². The molecule has 0 amide bonds. The van der Waals surface area contributed by atoms with Crippen molar-refractivity contribution in [1.82, 2.24) is 4.90 Å². The lowest BCUT2D eigenvalue weighted by atomic mass is 10.0. The van der Waals surface area contributed by atoms with E-state index in [0.29, 0.717) is 19.1 Å². The summed E-state index contributed by atoms with van der Waals surface area (Å²) >= 11 is 0. The number of fused-ring (bicyclic) bond motifs is 3. The van der Waals surface area contributed by atoms with Gasteiger partial charge < -0.3 is 14.7 Å². The van der Waals surface area contributed by atoms with Crippen molar-refractivity contribution in [2.45, 2.75) is 31.1 Å². The monoisotopic (exact) mass is 474 g/mol. The normalized spacial score (nSPS) is 19.2. The van der Waals surface area contributed by atoms with E-state index in [4.69, 9.17) is 4.74 Å². The maximum Gasteiger partial charge on any atom is 0.341 e. The third-order valence-electron chi connectivity index (χ3n) is 6.23. The molecule has 7 nitrogen and oxygen atoms in total. The predicted octanol–water partition coefficient (Wildman–Crippen LogP) is 4.18. The third kappa shape index (κ3) is 4.74. The zero-order valence-electron chi connectivity index (χ0n) is 18.5. The lowest BCUT2D eigenvalue weighted by molar-refractivity contribution is 0.0692. The molecule has 0 spiro atoms. The molecule has 9 heteroatoms. The summed E-state index contributed by atoms with van der Waals surface area (Å²) in [7, 11) is -4.21. The molecule has 1 saturated carbocycles. The highest BCUT2D eigenvalue weighted by Crippen LogP contribution is 2.55. The van der Waals surface area contributed by atoms with E-state index in [1.807, 2.05) is 13.8 Å². The third-order valence-corrected chi connectivity index (χ3v) is 7.67. The summed E-state index contributed by atoms with van der Waals surface area (Å²) in [6.07, 6.45) is 4.29. The Morgan fingerprint density at radius 2 is 2.03 bits per heavy atom. The maximum absolute atomic E-state index is 13.9. The summed E-state index contributed by atoms with van der Waals surface area (Å²) < 4.78 is 48.5. The van der Waals surface area contributed by atoms with Crippen molar-refractivity contribution in [2.24, 2.45) is 5.92 Å². The SMILES string of the molecule is CCN(CC)C/C=C\c1cc(F)ccc1S(=O)(=O)Nc1ccc2c(c1C(=O)O)OC[C@@H]1C[C@H]21. The first kappa shape index (κ1) is 23.3. The number of carbonyl (C=O) groups is 1. The number of hydrogen-bond donors (Lipinski definition) is 2. The number of aromatic carboxylic acids is 1. The number of benzene rings is 2. The van der Waals surface area contributed by atoms with Crippen LogP contribution in [0, 0.1) is 11.7 Å². The molecular weight excluding hydrogens is 447 g/mol. The molecule has 2 aromatic carbocycles. The predicted molar refractivity (Wildman–Crippen MR) is 124 cm³/mol. The quantitative estimate of drug-likeness (QED) is 0.566. The summed E-state index contributed by atoms with van der Waals surface area (Å²) in [5, 5.41) is 9.81. The molecule has 2 atom stereocenters. The second kappa shape index (κ2) is 9.15. The van der Waals surface area contributed by atoms with Crippen molar-refractivity contribution in [3.63, 3.8) is 0 Å². The molecule has 0 aromatic heterocycles. The Kier molecular flexibility index (Phi) is 6.45. The van der Waals surface area contributed by atoms with E-state index in [1.54, 1.807) is 18.2 Å². The van der Waals surface area contributed by atoms with Gasteiger partial charge in [0, 0.05) is 12.5 Å². The van der Waals surface area contributed by atoms with E-state index in [-0.39, 0.29) is 33.4 Å². The Labute approximate surface area is 192 Å². The van der Waals surface area contributed by atoms with Crippen LogP contribution >= 0.6 is 0 Å². The highest BCUT2D eigenvalue weighted by molar-refractivity contribution is 7.92. The second-order valence-electron chi connectivity index (χ2n) is 8.30. The lowest BCUT2D eigenvalue weighted by Crippen LogP contribution is -2.22. The summed E-state index contributed by atoms with van der Waals surface area (Å²) in [4.78, 5) is 14.0. The molecule has 0 bridgehead atoms. The minimum absolute atomic E-state index is 0.0808. The minimum Gasteiger partial charge on any atom is -0.492 e. The van der Waals surface area contributed by atoms with Crippen molar-refractivity contribution < 1.29 is 27.4 Å². The van der Waals surface area contributed by atoms with Gasteiger partial charge in [0.25, 0.3) is 10.0 Å². The van der Waals surface area contributed by atoms with Gasteiger partial charge in [-0.05, 0) is 60.8 Å². The van der Waals surface area contributed by atoms with Crippen LogP contribution in [0.5, 0.6) is 5.75 Å². The van der Waals surface area contributed by atoms with Gasteiger partial charge in [0.2, 0.25) is 0 Å². The van der Waals surface area contributed by atoms with Crippen LogP contribution in [-0.4, -0.2) is 50.6 Å². The summed E-state index contributed by atoms with van der Waals surface area (Å²) in [6.45, 7) is 6.71. The molecule has 2 aromatic rings. The number of carboxylic acid groups (broad SMARTS) is 1. The lowest BCUT2D eigenvalue weighted by Gasteiger charge is -2.21. The number of nitrogens with zero attached hydrogens (tertiary/aromatic N) is 1. The number of ether oxygens (including phenoxy) is 1. The van der Waals surface area contributed by atoms with E-state index >= 15 is 0 Å². The van der Waals surface area contributed by atoms with Crippen LogP contribution in [0.3, 0.4) is 0 Å². The minimum atomic E-state index is -4.21. The number of carboxylic acids is 1. The van der Waals surface area contributed by atoms with Crippen molar-refractivity contribution in [1.29, 1.82) is 0 Å². The fraction of sp³-hybridized carbons (Fsp3) is 0.375. The molecule has 176 valence electrons. The average Bonchev–Trinajstić information content (AvgIpc) is 3.56. The van der Waals surface area contributed by atoms with Gasteiger partial charge >= 0.3 is 5.97 Å². The van der Waals surface area contributed by atoms with Crippen LogP contribution in [0.1, 0.15) is 47.7 Å². The summed E-state index contributed by atoms with van der Waals surface area (Å²) in [5.41, 5.74) is 0.694. The maximum atomic E-state index is 13.9. The van der Waals surface area contributed by atoms with Gasteiger partial charge in [0.05, 0.1) is 17.2 Å². The molecule has 33 heavy (non-hydrogen) atoms. The topological polar surface area (TPSA) is 95.9 Å². The molecular formula is C24H27FN2O5S. The smallest absolute Gasteiger partial charge is 0.341 e. The number of hydrogen-bond acceptors (Lipinski definition) is 5. The molecule has 1 fully saturated rings. The van der Waals surface area contributed by atoms with Crippen molar-refractivity contribution in [3.05, 3.63) is 58.9 Å². The van der Waals surface area contributed by atoms with Gasteiger partial charge in [0.1, 0.15) is 17.1 Å². The molecule has 2 N–H and O–H groups in total. The van der Waals surface area contributed by atoms with Gasteiger partial charge in [-0.2, -0.15) is 0 Å². The number of anilines is 1. The Bertz CT molecular complexity index is 1210. The Hall–Kier alpha value is -2.91. The van der Waals surface area contributed by atoms with Crippen LogP contribution in [0.4, 0.5) is 10.1 Å². The summed E-state index contributed by atoms with van der Waals surface area (Å²) in [5.74, 6) is -0.963. The largest absolute Gasteiger partial charge is 0.492 e. The molecule has 1 heterocycles. The van der Waals surface area contributed by atoms with Gasteiger partial charge in [-0.25, -0.2) is 17.6 Å². The van der Waals surface area contributed by atoms with Crippen LogP contribution in [0.2, 0.25) is 0 Å². The number of sulfonamides is 1. The molecule has 4 rings (SSSR count). The van der Waals surface area contributed by atoms with Gasteiger partial charge in [0.15, 0.2) is 0 Å². The number of rotatable bonds is 9. The van der Waals surface area contributed by atoms with Crippen LogP contribution in [-0.2, 0) is 10.0 Å². The fourth-order valence-corrected chi connectivity index (χ4v) is 5.51. The molecule has 0 radical (unpaired) electrons. The average molecular weight is 475 g/mol. The van der Waals surface area contributed by atoms with Gasteiger partial charge in [-0.3, -0.25) is 4.72 Å². The second-order valence-corrected chi connectivity index (χ2v) is 9.95. The number of nitrogens with one attached hydrogen (secondary N) is 1. The molecule has 1 aliphatic heterocycles. The van der Waals surface area contributed by atoms with Gasteiger partial charge in [-0.15, -0.1) is 0 Å². The van der Waals surface area contributed by atoms with Crippen LogP contribution < -0.4 is 9.46 Å². The Morgan fingerprint density at radius 1 is 1.27 bits per heavy atom. The van der Waals surface area contributed by atoms with E-state index in [9.17, 15) is 22.7 Å². The van der Waals surface area contributed by atoms with Crippen molar-refractivity contribution >= 4 is 27.8 Å². The zero-order valence-corrected chi connectivity index (χ0v) is 19.4. The Balaban J connectivity index is 1.68. The van der Waals surface area contributed by atoms with Crippen molar-refractivity contribution in [3.8, 4) is 5.75 Å². The molecule has 1 aliphatic carbocycles. The zero-order chi connectivity index (χ0) is 23.8. The van der Waals surface area contributed by atoms with Gasteiger partial charge in [-0.1, -0.05) is 32.1 Å². The first-order chi connectivity index (χ1) is 15.7. The highest BCUT2D eigenvalue weighted by Gasteiger charge is 2.45. The first-order valence-corrected chi connectivity index (χ1v) is 12.5. The number of halogens is 1. The van der Waals surface area contributed by atoms with E-state index in [1.165, 1.54) is 12.1 Å².